The minimum Gasteiger partial charge on any atom is -0.390 e. The summed E-state index contributed by atoms with van der Waals surface area (Å²) < 4.78 is 0. The number of rotatable bonds is 1. The average molecular weight is 156 g/mol. The third-order valence-electron chi connectivity index (χ3n) is 1.80. The predicted octanol–water partition coefficient (Wildman–Crippen LogP) is 1.50. The van der Waals surface area contributed by atoms with Crippen molar-refractivity contribution in [2.75, 3.05) is 20.1 Å². The van der Waals surface area contributed by atoms with Crippen LogP contribution in [0, 0.1) is 0 Å². The van der Waals surface area contributed by atoms with Gasteiger partial charge in [-0.1, -0.05) is 19.4 Å². The summed E-state index contributed by atoms with van der Waals surface area (Å²) in [4.78, 5) is 0. The van der Waals surface area contributed by atoms with E-state index >= 15 is 0 Å². The van der Waals surface area contributed by atoms with E-state index in [9.17, 15) is 0 Å². The van der Waals surface area contributed by atoms with Crippen LogP contribution >= 0.6 is 0 Å². The number of hydrogen-bond donors (Lipinski definition) is 2. The van der Waals surface area contributed by atoms with Crippen LogP contribution in [0.1, 0.15) is 27.2 Å². The van der Waals surface area contributed by atoms with E-state index in [4.69, 9.17) is 0 Å². The lowest BCUT2D eigenvalue weighted by Gasteiger charge is -2.17. The molecule has 0 unspecified atom stereocenters. The Morgan fingerprint density at radius 2 is 2.00 bits per heavy atom. The van der Waals surface area contributed by atoms with Crippen molar-refractivity contribution in [1.29, 1.82) is 0 Å². The fourth-order valence-corrected chi connectivity index (χ4v) is 1.09. The van der Waals surface area contributed by atoms with Gasteiger partial charge in [0.1, 0.15) is 0 Å². The van der Waals surface area contributed by atoms with Crippen molar-refractivity contribution in [3.05, 3.63) is 11.3 Å². The molecule has 0 saturated carbocycles. The molecule has 1 aliphatic rings. The zero-order valence-electron chi connectivity index (χ0n) is 8.12. The van der Waals surface area contributed by atoms with E-state index in [-0.39, 0.29) is 0 Å². The largest absolute Gasteiger partial charge is 0.390 e. The van der Waals surface area contributed by atoms with E-state index in [1.165, 1.54) is 17.7 Å². The molecule has 0 spiro atoms. The standard InChI is InChI=1S/C7H14N2.C2H6/c1-6-3-4-9-5-7(6)8-2;1-2/h8-9H,3-5H2,1-2H3;1-2H3. The quantitative estimate of drug-likeness (QED) is 0.601. The smallest absolute Gasteiger partial charge is 0.0353 e. The topological polar surface area (TPSA) is 24.1 Å². The molecule has 2 heteroatoms. The van der Waals surface area contributed by atoms with Gasteiger partial charge >= 0.3 is 0 Å². The lowest BCUT2D eigenvalue weighted by atomic mass is 10.1. The third kappa shape index (κ3) is 3.42. The van der Waals surface area contributed by atoms with Crippen LogP contribution in [0.2, 0.25) is 0 Å². The lowest BCUT2D eigenvalue weighted by molar-refractivity contribution is 0.646. The van der Waals surface area contributed by atoms with Crippen LogP contribution in [-0.2, 0) is 0 Å². The van der Waals surface area contributed by atoms with E-state index in [0.29, 0.717) is 0 Å². The summed E-state index contributed by atoms with van der Waals surface area (Å²) in [6, 6.07) is 0. The van der Waals surface area contributed by atoms with Crippen LogP contribution in [0.5, 0.6) is 0 Å². The van der Waals surface area contributed by atoms with E-state index in [1.807, 2.05) is 20.9 Å². The van der Waals surface area contributed by atoms with Gasteiger partial charge in [0.05, 0.1) is 0 Å². The van der Waals surface area contributed by atoms with Crippen molar-refractivity contribution >= 4 is 0 Å². The summed E-state index contributed by atoms with van der Waals surface area (Å²) in [5.74, 6) is 0. The van der Waals surface area contributed by atoms with Gasteiger partial charge in [-0.2, -0.15) is 0 Å². The van der Waals surface area contributed by atoms with Gasteiger partial charge in [-0.15, -0.1) is 0 Å². The van der Waals surface area contributed by atoms with Crippen LogP contribution in [0.3, 0.4) is 0 Å². The second-order valence-electron chi connectivity index (χ2n) is 2.44. The van der Waals surface area contributed by atoms with Crippen LogP contribution in [0.15, 0.2) is 11.3 Å². The van der Waals surface area contributed by atoms with E-state index < -0.39 is 0 Å². The molecule has 0 aromatic heterocycles. The maximum atomic E-state index is 3.30. The van der Waals surface area contributed by atoms with Gasteiger partial charge in [-0.05, 0) is 19.9 Å². The Morgan fingerprint density at radius 3 is 2.36 bits per heavy atom. The lowest BCUT2D eigenvalue weighted by Crippen LogP contribution is -2.29. The first-order valence-corrected chi connectivity index (χ1v) is 4.41. The van der Waals surface area contributed by atoms with E-state index in [0.717, 1.165) is 13.1 Å². The molecule has 11 heavy (non-hydrogen) atoms. The Hall–Kier alpha value is -0.500. The molecule has 0 aromatic rings. The summed E-state index contributed by atoms with van der Waals surface area (Å²) >= 11 is 0. The molecule has 0 saturated heterocycles. The van der Waals surface area contributed by atoms with Gasteiger partial charge in [0.15, 0.2) is 0 Å². The molecular weight excluding hydrogens is 136 g/mol. The molecule has 2 N–H and O–H groups in total. The third-order valence-corrected chi connectivity index (χ3v) is 1.80. The summed E-state index contributed by atoms with van der Waals surface area (Å²) in [6.45, 7) is 8.34. The van der Waals surface area contributed by atoms with Gasteiger partial charge in [0.25, 0.3) is 0 Å². The molecule has 1 rings (SSSR count). The van der Waals surface area contributed by atoms with Crippen LogP contribution in [0.4, 0.5) is 0 Å². The molecule has 0 radical (unpaired) electrons. The molecular formula is C9H20N2. The molecule has 0 fully saturated rings. The second-order valence-corrected chi connectivity index (χ2v) is 2.44. The van der Waals surface area contributed by atoms with Gasteiger partial charge in [-0.25, -0.2) is 0 Å². The van der Waals surface area contributed by atoms with Crippen molar-refractivity contribution in [3.8, 4) is 0 Å². The highest BCUT2D eigenvalue weighted by atomic mass is 15.0. The fourth-order valence-electron chi connectivity index (χ4n) is 1.09. The highest BCUT2D eigenvalue weighted by molar-refractivity contribution is 5.14. The molecule has 66 valence electrons. The van der Waals surface area contributed by atoms with Gasteiger partial charge in [0, 0.05) is 19.3 Å². The second kappa shape index (κ2) is 6.23. The Bertz CT molecular complexity index is 128. The van der Waals surface area contributed by atoms with Crippen molar-refractivity contribution in [3.63, 3.8) is 0 Å². The summed E-state index contributed by atoms with van der Waals surface area (Å²) in [7, 11) is 1.98. The van der Waals surface area contributed by atoms with Crippen molar-refractivity contribution in [2.45, 2.75) is 27.2 Å². The van der Waals surface area contributed by atoms with Gasteiger partial charge < -0.3 is 10.6 Å². The minimum atomic E-state index is 1.02. The molecule has 0 bridgehead atoms. The zero-order chi connectivity index (χ0) is 8.69. The first kappa shape index (κ1) is 10.5. The van der Waals surface area contributed by atoms with Crippen molar-refractivity contribution in [2.24, 2.45) is 0 Å². The Balaban J connectivity index is 0.000000461. The fraction of sp³-hybridized carbons (Fsp3) is 0.778. The Kier molecular flexibility index (Phi) is 5.94. The Labute approximate surface area is 70.1 Å². The summed E-state index contributed by atoms with van der Waals surface area (Å²) in [5.41, 5.74) is 2.86. The maximum Gasteiger partial charge on any atom is 0.0353 e. The van der Waals surface area contributed by atoms with Crippen molar-refractivity contribution in [1.82, 2.24) is 10.6 Å². The first-order valence-electron chi connectivity index (χ1n) is 4.41. The molecule has 0 aromatic carbocycles. The highest BCUT2D eigenvalue weighted by Crippen LogP contribution is 2.07. The predicted molar refractivity (Wildman–Crippen MR) is 50.6 cm³/mol. The van der Waals surface area contributed by atoms with Crippen LogP contribution in [-0.4, -0.2) is 20.1 Å². The highest BCUT2D eigenvalue weighted by Gasteiger charge is 2.04. The number of hydrogen-bond acceptors (Lipinski definition) is 2. The molecule has 0 atom stereocenters. The maximum absolute atomic E-state index is 3.30. The number of nitrogens with one attached hydrogen (secondary N) is 2. The summed E-state index contributed by atoms with van der Waals surface area (Å²) in [6.07, 6.45) is 1.19. The van der Waals surface area contributed by atoms with Crippen LogP contribution < -0.4 is 10.6 Å². The minimum absolute atomic E-state index is 1.02. The van der Waals surface area contributed by atoms with Gasteiger partial charge in [0.2, 0.25) is 0 Å². The van der Waals surface area contributed by atoms with E-state index in [2.05, 4.69) is 17.6 Å². The molecule has 2 nitrogen and oxygen atoms in total. The zero-order valence-corrected chi connectivity index (χ0v) is 8.12. The first-order chi connectivity index (χ1) is 5.34. The Morgan fingerprint density at radius 1 is 1.36 bits per heavy atom. The molecule has 1 heterocycles. The SMILES string of the molecule is CC.CNC1=C(C)CCNC1. The van der Waals surface area contributed by atoms with Gasteiger partial charge in [-0.3, -0.25) is 0 Å². The molecule has 1 aliphatic heterocycles. The molecule has 0 amide bonds. The van der Waals surface area contributed by atoms with Crippen LogP contribution in [0.25, 0.3) is 0 Å². The van der Waals surface area contributed by atoms with E-state index in [1.54, 1.807) is 0 Å². The summed E-state index contributed by atoms with van der Waals surface area (Å²) in [5, 5.41) is 6.47. The monoisotopic (exact) mass is 156 g/mol. The average Bonchev–Trinajstić information content (AvgIpc) is 2.09. The number of likely N-dealkylation sites (N-methyl/N-ethyl adjacent to an activating group) is 1. The van der Waals surface area contributed by atoms with Crippen molar-refractivity contribution < 1.29 is 0 Å². The molecule has 0 aliphatic carbocycles. The normalized spacial score (nSPS) is 17.1.